The van der Waals surface area contributed by atoms with Crippen molar-refractivity contribution in [2.45, 2.75) is 41.7 Å². The number of thioether (sulfide) groups is 2. The number of nitrogens with zero attached hydrogens (tertiary/aromatic N) is 6. The molecular formula is C33H34N8O9S2. The van der Waals surface area contributed by atoms with Crippen LogP contribution in [0.3, 0.4) is 0 Å². The number of aliphatic carboxylic acids is 1. The Kier molecular flexibility index (Phi) is 10.5. The van der Waals surface area contributed by atoms with Crippen molar-refractivity contribution in [3.05, 3.63) is 71.7 Å². The summed E-state index contributed by atoms with van der Waals surface area (Å²) in [4.78, 5) is 106. The summed E-state index contributed by atoms with van der Waals surface area (Å²) in [6, 6.07) is 9.86. The molecule has 19 heteroatoms. The maximum absolute atomic E-state index is 14.2. The highest BCUT2D eigenvalue weighted by Crippen LogP contribution is 2.46. The molecule has 0 aliphatic carbocycles. The maximum atomic E-state index is 14.2. The van der Waals surface area contributed by atoms with Crippen LogP contribution in [0, 0.1) is 0 Å². The van der Waals surface area contributed by atoms with E-state index in [9.17, 15) is 43.5 Å². The van der Waals surface area contributed by atoms with E-state index in [4.69, 9.17) is 0 Å². The first-order valence-electron chi connectivity index (χ1n) is 16.3. The van der Waals surface area contributed by atoms with Gasteiger partial charge in [-0.1, -0.05) is 35.0 Å². The molecule has 4 aliphatic heterocycles. The number of carbonyl (C=O) groups is 8. The van der Waals surface area contributed by atoms with Gasteiger partial charge in [0.1, 0.15) is 5.37 Å². The number of benzene rings is 1. The predicted molar refractivity (Wildman–Crippen MR) is 181 cm³/mol. The molecule has 2 aromatic rings. The van der Waals surface area contributed by atoms with Crippen molar-refractivity contribution < 1.29 is 48.1 Å². The Labute approximate surface area is 305 Å². The van der Waals surface area contributed by atoms with Gasteiger partial charge in [-0.05, 0) is 24.5 Å². The molecule has 272 valence electrons. The molecule has 0 bridgehead atoms. The summed E-state index contributed by atoms with van der Waals surface area (Å²) in [5.74, 6) is -5.18. The highest BCUT2D eigenvalue weighted by atomic mass is 32.2. The Morgan fingerprint density at radius 3 is 2.42 bits per heavy atom. The van der Waals surface area contributed by atoms with Crippen LogP contribution in [0.15, 0.2) is 71.0 Å². The van der Waals surface area contributed by atoms with Crippen molar-refractivity contribution in [1.29, 1.82) is 0 Å². The van der Waals surface area contributed by atoms with E-state index in [1.807, 2.05) is 0 Å². The molecular weight excluding hydrogens is 717 g/mol. The third kappa shape index (κ3) is 6.45. The zero-order valence-electron chi connectivity index (χ0n) is 27.8. The Hall–Kier alpha value is -5.43. The number of pyridine rings is 1. The summed E-state index contributed by atoms with van der Waals surface area (Å²) in [6.07, 6.45) is 5.15. The van der Waals surface area contributed by atoms with Crippen molar-refractivity contribution >= 4 is 71.8 Å². The number of piperazine rings is 1. The van der Waals surface area contributed by atoms with Crippen LogP contribution in [0.5, 0.6) is 0 Å². The lowest BCUT2D eigenvalue weighted by Gasteiger charge is -2.57. The van der Waals surface area contributed by atoms with Gasteiger partial charge < -0.3 is 25.4 Å². The fraction of sp³-hybridized carbons (Fsp3) is 0.364. The lowest BCUT2D eigenvalue weighted by Crippen LogP contribution is -2.85. The first-order chi connectivity index (χ1) is 25.1. The Morgan fingerprint density at radius 2 is 1.81 bits per heavy atom. The number of aromatic nitrogens is 1. The maximum Gasteiger partial charge on any atom is 0.330 e. The topological polar surface area (TPSA) is 204 Å². The number of nitrogens with one attached hydrogen (secondary N) is 2. The summed E-state index contributed by atoms with van der Waals surface area (Å²) >= 11 is 2.42. The van der Waals surface area contributed by atoms with Crippen molar-refractivity contribution in [1.82, 2.24) is 30.5 Å². The highest BCUT2D eigenvalue weighted by molar-refractivity contribution is 8.01. The summed E-state index contributed by atoms with van der Waals surface area (Å²) in [6.45, 7) is 2.57. The van der Waals surface area contributed by atoms with Gasteiger partial charge in [0.05, 0.1) is 24.8 Å². The molecule has 0 saturated carbocycles. The van der Waals surface area contributed by atoms with Crippen LogP contribution in [-0.4, -0.2) is 117 Å². The quantitative estimate of drug-likeness (QED) is 0.0521. The number of rotatable bonds is 14. The number of β-lactam (4-membered cyclic amide) rings is 1. The zero-order valence-corrected chi connectivity index (χ0v) is 29.5. The first-order valence-corrected chi connectivity index (χ1v) is 18.4. The van der Waals surface area contributed by atoms with E-state index >= 15 is 0 Å². The molecule has 7 amide bonds. The number of carbonyl (C=O) groups excluding carboxylic acids is 8. The van der Waals surface area contributed by atoms with Gasteiger partial charge in [-0.15, -0.1) is 28.5 Å². The zero-order chi connectivity index (χ0) is 37.2. The van der Waals surface area contributed by atoms with Gasteiger partial charge in [-0.2, -0.15) is 0 Å². The fourth-order valence-corrected chi connectivity index (χ4v) is 9.02. The largest absolute Gasteiger partial charge is 0.543 e. The molecule has 4 aliphatic rings. The van der Waals surface area contributed by atoms with Gasteiger partial charge >= 0.3 is 11.8 Å². The minimum Gasteiger partial charge on any atom is -0.543 e. The normalized spacial score (nSPS) is 22.1. The predicted octanol–water partition coefficient (Wildman–Crippen LogP) is -2.39. The van der Waals surface area contributed by atoms with E-state index in [-0.39, 0.29) is 61.1 Å². The van der Waals surface area contributed by atoms with Gasteiger partial charge in [0.15, 0.2) is 6.04 Å². The lowest BCUT2D eigenvalue weighted by molar-refractivity contribution is -0.682. The van der Waals surface area contributed by atoms with Crippen LogP contribution < -0.4 is 25.4 Å². The van der Waals surface area contributed by atoms with Gasteiger partial charge in [0.25, 0.3) is 17.7 Å². The number of fused-ring (bicyclic) bond motifs is 1. The van der Waals surface area contributed by atoms with Crippen LogP contribution >= 0.6 is 23.5 Å². The Balaban J connectivity index is 1.24. The summed E-state index contributed by atoms with van der Waals surface area (Å²) < 4.78 is 1.69. The first kappa shape index (κ1) is 36.4. The Bertz CT molecular complexity index is 1850. The van der Waals surface area contributed by atoms with Crippen molar-refractivity contribution in [2.24, 2.45) is 0 Å². The van der Waals surface area contributed by atoms with E-state index in [1.54, 1.807) is 59.3 Å². The van der Waals surface area contributed by atoms with E-state index in [0.29, 0.717) is 18.5 Å². The van der Waals surface area contributed by atoms with E-state index in [2.05, 4.69) is 10.6 Å². The summed E-state index contributed by atoms with van der Waals surface area (Å²) in [7, 11) is 0. The van der Waals surface area contributed by atoms with Crippen molar-refractivity contribution in [3.63, 3.8) is 0 Å². The number of amides is 7. The van der Waals surface area contributed by atoms with Crippen LogP contribution in [0.4, 0.5) is 0 Å². The van der Waals surface area contributed by atoms with Crippen LogP contribution in [0.2, 0.25) is 0 Å². The standard InChI is InChI=1S/C33H34N8O9S2/c1-2-36-15-16-39(29(47)28(36)46)40(20-43)25(21-7-4-3-5-8-21)27(45)35-33(34-19-42)31(50)41-26(30(48)49)22(18-52-32(33)41)17-51-23-10-13-37(14-11-23)38-12-6-9-24(38)44/h3-5,7-8,10-11,13-14,19-20,25,32H,2,6,9,12,15-18H2,1H3,(H2-,34,35,42,45,48,49)/t25-,32-,33-/m1/s1. The number of hydrogen-bond acceptors (Lipinski definition) is 11. The number of hydrazine groups is 1. The summed E-state index contributed by atoms with van der Waals surface area (Å²) in [5, 5.41) is 19.6. The third-order valence-corrected chi connectivity index (χ3v) is 11.7. The number of carboxylic acid groups (broad SMARTS) is 1. The molecule has 3 fully saturated rings. The van der Waals surface area contributed by atoms with Gasteiger partial charge in [-0.3, -0.25) is 38.5 Å². The second-order valence-electron chi connectivity index (χ2n) is 12.1. The molecule has 0 unspecified atom stereocenters. The highest BCUT2D eigenvalue weighted by Gasteiger charge is 2.65. The SMILES string of the molecule is CCN1CCN(N(C=O)[C@@H](C(=O)N[C@]2(NC=O)C(=O)N3C(C(=O)[O-])=C(CSc4cc[n+](N5CCCC5=O)cc4)CS[C@@H]32)c2ccccc2)C(=O)C1=O. The van der Waals surface area contributed by atoms with Gasteiger partial charge in [-0.25, -0.2) is 10.0 Å². The summed E-state index contributed by atoms with van der Waals surface area (Å²) in [5.41, 5.74) is -1.93. The molecule has 6 rings (SSSR count). The van der Waals surface area contributed by atoms with E-state index in [1.165, 1.54) is 28.8 Å². The molecule has 0 radical (unpaired) electrons. The fourth-order valence-electron chi connectivity index (χ4n) is 6.57. The molecule has 52 heavy (non-hydrogen) atoms. The minimum atomic E-state index is -2.13. The van der Waals surface area contributed by atoms with Crippen LogP contribution in [-0.2, 0) is 38.4 Å². The molecule has 2 N–H and O–H groups in total. The van der Waals surface area contributed by atoms with E-state index < -0.39 is 46.7 Å². The molecule has 5 heterocycles. The molecule has 1 aromatic heterocycles. The average molecular weight is 751 g/mol. The third-order valence-electron chi connectivity index (χ3n) is 9.16. The monoisotopic (exact) mass is 750 g/mol. The van der Waals surface area contributed by atoms with Crippen molar-refractivity contribution in [2.75, 3.05) is 42.7 Å². The van der Waals surface area contributed by atoms with Gasteiger partial charge in [0, 0.05) is 48.0 Å². The van der Waals surface area contributed by atoms with E-state index in [0.717, 1.165) is 38.0 Å². The Morgan fingerprint density at radius 1 is 1.08 bits per heavy atom. The van der Waals surface area contributed by atoms with Crippen LogP contribution in [0.1, 0.15) is 31.4 Å². The smallest absolute Gasteiger partial charge is 0.330 e. The van der Waals surface area contributed by atoms with Crippen molar-refractivity contribution in [3.8, 4) is 0 Å². The molecule has 1 aromatic carbocycles. The second-order valence-corrected chi connectivity index (χ2v) is 14.2. The second kappa shape index (κ2) is 15.0. The average Bonchev–Trinajstić information content (AvgIpc) is 3.59. The number of carboxylic acids is 1. The molecule has 17 nitrogen and oxygen atoms in total. The van der Waals surface area contributed by atoms with Crippen LogP contribution in [0.25, 0.3) is 0 Å². The lowest BCUT2D eigenvalue weighted by atomic mass is 9.94. The molecule has 3 atom stereocenters. The number of likely N-dealkylation sites (N-methyl/N-ethyl adjacent to an activating group) is 1. The minimum absolute atomic E-state index is 0.0206. The molecule has 0 spiro atoms. The molecule has 3 saturated heterocycles. The van der Waals surface area contributed by atoms with Gasteiger partial charge in [0.2, 0.25) is 30.9 Å². The number of hydrogen-bond donors (Lipinski definition) is 2.